The van der Waals surface area contributed by atoms with Gasteiger partial charge in [-0.05, 0) is 25.2 Å². The number of rotatable bonds is 3. The quantitative estimate of drug-likeness (QED) is 0.551. The van der Waals surface area contributed by atoms with Gasteiger partial charge in [0.25, 0.3) is 0 Å². The second kappa shape index (κ2) is 5.17. The summed E-state index contributed by atoms with van der Waals surface area (Å²) in [5, 5.41) is 12.5. The minimum absolute atomic E-state index is 0.279. The topological polar surface area (TPSA) is 35.8 Å². The van der Waals surface area contributed by atoms with E-state index in [1.807, 2.05) is 6.08 Å². The molecule has 0 amide bonds. The number of nitriles is 1. The molecule has 1 rings (SSSR count). The van der Waals surface area contributed by atoms with Crippen molar-refractivity contribution in [3.63, 3.8) is 0 Å². The van der Waals surface area contributed by atoms with Crippen molar-refractivity contribution in [1.82, 2.24) is 5.32 Å². The predicted octanol–water partition coefficient (Wildman–Crippen LogP) is 2.62. The zero-order valence-corrected chi connectivity index (χ0v) is 9.05. The van der Waals surface area contributed by atoms with Gasteiger partial charge in [-0.3, -0.25) is 5.32 Å². The summed E-state index contributed by atoms with van der Waals surface area (Å²) in [6, 6.07) is 2.45. The van der Waals surface area contributed by atoms with Gasteiger partial charge in [0.2, 0.25) is 0 Å². The predicted molar refractivity (Wildman–Crippen MR) is 58.8 cm³/mol. The molecule has 0 radical (unpaired) electrons. The number of hydrogen-bond donors (Lipinski definition) is 1. The lowest BCUT2D eigenvalue weighted by Crippen LogP contribution is -2.43. The third-order valence-corrected chi connectivity index (χ3v) is 3.16. The van der Waals surface area contributed by atoms with Gasteiger partial charge >= 0.3 is 0 Å². The molecule has 0 heterocycles. The van der Waals surface area contributed by atoms with E-state index >= 15 is 0 Å². The summed E-state index contributed by atoms with van der Waals surface area (Å²) in [6.45, 7) is 6.69. The fourth-order valence-electron chi connectivity index (χ4n) is 2.11. The molecule has 1 aliphatic carbocycles. The Bertz CT molecular complexity index is 229. The summed E-state index contributed by atoms with van der Waals surface area (Å²) in [6.07, 6.45) is 7.39. The van der Waals surface area contributed by atoms with Crippen LogP contribution in [0, 0.1) is 17.2 Å². The van der Waals surface area contributed by atoms with Crippen LogP contribution in [0.2, 0.25) is 0 Å². The second-order valence-corrected chi connectivity index (χ2v) is 4.40. The molecule has 1 fully saturated rings. The molecular formula is C12H20N2. The minimum Gasteiger partial charge on any atom is -0.296 e. The van der Waals surface area contributed by atoms with Crippen LogP contribution in [0.5, 0.6) is 0 Å². The lowest BCUT2D eigenvalue weighted by molar-refractivity contribution is 0.375. The smallest absolute Gasteiger partial charge is 0.107 e. The van der Waals surface area contributed by atoms with E-state index in [2.05, 4.69) is 24.9 Å². The normalized spacial score (nSPS) is 33.0. The molecule has 0 aromatic carbocycles. The van der Waals surface area contributed by atoms with E-state index in [1.165, 1.54) is 12.8 Å². The van der Waals surface area contributed by atoms with E-state index in [9.17, 15) is 5.26 Å². The van der Waals surface area contributed by atoms with Gasteiger partial charge in [0.1, 0.15) is 5.54 Å². The Morgan fingerprint density at radius 2 is 2.36 bits per heavy atom. The maximum absolute atomic E-state index is 9.23. The first-order valence-electron chi connectivity index (χ1n) is 5.49. The highest BCUT2D eigenvalue weighted by molar-refractivity contribution is 5.08. The average molecular weight is 192 g/mol. The summed E-state index contributed by atoms with van der Waals surface area (Å²) in [5.74, 6) is 0.774. The first kappa shape index (κ1) is 11.3. The Morgan fingerprint density at radius 1 is 1.57 bits per heavy atom. The molecule has 14 heavy (non-hydrogen) atoms. The van der Waals surface area contributed by atoms with Crippen LogP contribution in [0.4, 0.5) is 0 Å². The minimum atomic E-state index is -0.279. The molecule has 1 saturated carbocycles. The average Bonchev–Trinajstić information content (AvgIpc) is 2.39. The highest BCUT2D eigenvalue weighted by Crippen LogP contribution is 2.29. The third kappa shape index (κ3) is 2.85. The highest BCUT2D eigenvalue weighted by Gasteiger charge is 2.31. The number of hydrogen-bond acceptors (Lipinski definition) is 2. The molecule has 2 heteroatoms. The molecule has 1 aliphatic rings. The van der Waals surface area contributed by atoms with E-state index in [-0.39, 0.29) is 5.54 Å². The van der Waals surface area contributed by atoms with Crippen molar-refractivity contribution < 1.29 is 0 Å². The molecule has 0 aromatic rings. The van der Waals surface area contributed by atoms with Crippen molar-refractivity contribution in [2.45, 2.75) is 44.6 Å². The Morgan fingerprint density at radius 3 is 3.00 bits per heavy atom. The van der Waals surface area contributed by atoms with E-state index < -0.39 is 0 Å². The van der Waals surface area contributed by atoms with Gasteiger partial charge in [0.15, 0.2) is 0 Å². The van der Waals surface area contributed by atoms with Crippen molar-refractivity contribution >= 4 is 0 Å². The van der Waals surface area contributed by atoms with Crippen LogP contribution in [0.25, 0.3) is 0 Å². The van der Waals surface area contributed by atoms with Gasteiger partial charge in [0, 0.05) is 6.54 Å². The van der Waals surface area contributed by atoms with Crippen LogP contribution in [-0.4, -0.2) is 12.1 Å². The van der Waals surface area contributed by atoms with Crippen LogP contribution in [0.15, 0.2) is 12.7 Å². The molecule has 0 aromatic heterocycles. The fourth-order valence-corrected chi connectivity index (χ4v) is 2.11. The summed E-state index contributed by atoms with van der Waals surface area (Å²) in [5.41, 5.74) is -0.279. The maximum atomic E-state index is 9.23. The van der Waals surface area contributed by atoms with Crippen molar-refractivity contribution in [3.05, 3.63) is 12.7 Å². The molecule has 0 saturated heterocycles. The molecular weight excluding hydrogens is 172 g/mol. The van der Waals surface area contributed by atoms with Gasteiger partial charge in [-0.2, -0.15) is 5.26 Å². The highest BCUT2D eigenvalue weighted by atomic mass is 15.0. The number of nitrogens with one attached hydrogen (secondary N) is 1. The SMILES string of the molecule is C=CCNC1(C#N)CCCC(C)CC1. The van der Waals surface area contributed by atoms with E-state index in [0.29, 0.717) is 0 Å². The molecule has 2 unspecified atom stereocenters. The van der Waals surface area contributed by atoms with Crippen LogP contribution in [0.3, 0.4) is 0 Å². The Labute approximate surface area is 87.0 Å². The maximum Gasteiger partial charge on any atom is 0.107 e. The van der Waals surface area contributed by atoms with Crippen LogP contribution in [0.1, 0.15) is 39.0 Å². The molecule has 1 N–H and O–H groups in total. The first-order chi connectivity index (χ1) is 6.72. The Hall–Kier alpha value is -0.810. The standard InChI is InChI=1S/C12H20N2/c1-3-9-14-12(10-13)7-4-5-11(2)6-8-12/h3,11,14H,1,4-9H2,2H3. The Balaban J connectivity index is 2.58. The van der Waals surface area contributed by atoms with Crippen molar-refractivity contribution in [2.24, 2.45) is 5.92 Å². The molecule has 2 atom stereocenters. The molecule has 0 aliphatic heterocycles. The third-order valence-electron chi connectivity index (χ3n) is 3.16. The van der Waals surface area contributed by atoms with Gasteiger partial charge < -0.3 is 0 Å². The van der Waals surface area contributed by atoms with Crippen molar-refractivity contribution in [2.75, 3.05) is 6.54 Å². The van der Waals surface area contributed by atoms with Gasteiger partial charge in [-0.25, -0.2) is 0 Å². The van der Waals surface area contributed by atoms with Crippen molar-refractivity contribution in [1.29, 1.82) is 5.26 Å². The second-order valence-electron chi connectivity index (χ2n) is 4.40. The van der Waals surface area contributed by atoms with Crippen molar-refractivity contribution in [3.8, 4) is 6.07 Å². The molecule has 0 bridgehead atoms. The summed E-state index contributed by atoms with van der Waals surface area (Å²) < 4.78 is 0. The van der Waals surface area contributed by atoms with Crippen LogP contribution < -0.4 is 5.32 Å². The van der Waals surface area contributed by atoms with E-state index in [4.69, 9.17) is 0 Å². The van der Waals surface area contributed by atoms with Gasteiger partial charge in [-0.1, -0.05) is 25.8 Å². The largest absolute Gasteiger partial charge is 0.296 e. The van der Waals surface area contributed by atoms with Crippen LogP contribution in [-0.2, 0) is 0 Å². The summed E-state index contributed by atoms with van der Waals surface area (Å²) in [4.78, 5) is 0. The summed E-state index contributed by atoms with van der Waals surface area (Å²) >= 11 is 0. The molecule has 2 nitrogen and oxygen atoms in total. The van der Waals surface area contributed by atoms with E-state index in [0.717, 1.165) is 31.7 Å². The lowest BCUT2D eigenvalue weighted by atomic mass is 9.91. The molecule has 0 spiro atoms. The fraction of sp³-hybridized carbons (Fsp3) is 0.750. The zero-order chi connectivity index (χ0) is 10.4. The van der Waals surface area contributed by atoms with E-state index in [1.54, 1.807) is 0 Å². The Kier molecular flexibility index (Phi) is 4.16. The molecule has 78 valence electrons. The van der Waals surface area contributed by atoms with Crippen LogP contribution >= 0.6 is 0 Å². The zero-order valence-electron chi connectivity index (χ0n) is 9.05. The first-order valence-corrected chi connectivity index (χ1v) is 5.49. The lowest BCUT2D eigenvalue weighted by Gasteiger charge is -2.25. The van der Waals surface area contributed by atoms with Gasteiger partial charge in [0.05, 0.1) is 6.07 Å². The monoisotopic (exact) mass is 192 g/mol. The number of nitrogens with zero attached hydrogens (tertiary/aromatic N) is 1. The summed E-state index contributed by atoms with van der Waals surface area (Å²) in [7, 11) is 0. The van der Waals surface area contributed by atoms with Gasteiger partial charge in [-0.15, -0.1) is 6.58 Å².